The summed E-state index contributed by atoms with van der Waals surface area (Å²) in [5, 5.41) is 2.92. The Morgan fingerprint density at radius 1 is 0.906 bits per heavy atom. The quantitative estimate of drug-likeness (QED) is 0.483. The molecular weight excluding hydrogens is 402 g/mol. The summed E-state index contributed by atoms with van der Waals surface area (Å²) >= 11 is 0. The van der Waals surface area contributed by atoms with Crippen LogP contribution in [0.5, 0.6) is 0 Å². The van der Waals surface area contributed by atoms with Gasteiger partial charge in [0, 0.05) is 5.92 Å². The van der Waals surface area contributed by atoms with E-state index < -0.39 is 11.6 Å². The summed E-state index contributed by atoms with van der Waals surface area (Å²) in [6, 6.07) is 16.5. The maximum atomic E-state index is 12.9. The Hall–Kier alpha value is -3.08. The third-order valence-corrected chi connectivity index (χ3v) is 6.47. The predicted octanol–water partition coefficient (Wildman–Crippen LogP) is 5.74. The molecule has 0 fully saturated rings. The summed E-state index contributed by atoms with van der Waals surface area (Å²) in [7, 11) is 0. The molecule has 5 nitrogen and oxygen atoms in total. The van der Waals surface area contributed by atoms with Gasteiger partial charge in [-0.15, -0.1) is 0 Å². The second-order valence-corrected chi connectivity index (χ2v) is 8.51. The number of alkyl carbamates (subject to hydrolysis) is 1. The maximum Gasteiger partial charge on any atom is 0.408 e. The molecule has 2 aromatic carbocycles. The van der Waals surface area contributed by atoms with Gasteiger partial charge in [-0.25, -0.2) is 9.59 Å². The third kappa shape index (κ3) is 4.57. The SMILES string of the molecule is CCOC(=O)C1(NC(=O)OCC2c3ccccc3-c3ccccc32)CCCC=CCCC1. The second kappa shape index (κ2) is 10.0. The number of esters is 1. The zero-order chi connectivity index (χ0) is 22.4. The molecule has 0 heterocycles. The molecule has 2 aromatic rings. The van der Waals surface area contributed by atoms with Crippen LogP contribution in [-0.4, -0.2) is 30.8 Å². The summed E-state index contributed by atoms with van der Waals surface area (Å²) in [5.41, 5.74) is 3.66. The second-order valence-electron chi connectivity index (χ2n) is 8.51. The van der Waals surface area contributed by atoms with Crippen molar-refractivity contribution in [3.8, 4) is 11.1 Å². The van der Waals surface area contributed by atoms with Gasteiger partial charge in [-0.3, -0.25) is 0 Å². The highest BCUT2D eigenvalue weighted by Crippen LogP contribution is 2.44. The lowest BCUT2D eigenvalue weighted by atomic mass is 9.87. The molecule has 0 saturated heterocycles. The third-order valence-electron chi connectivity index (χ3n) is 6.47. The van der Waals surface area contributed by atoms with Crippen LogP contribution in [0, 0.1) is 0 Å². The number of carbonyl (C=O) groups excluding carboxylic acids is 2. The lowest BCUT2D eigenvalue weighted by molar-refractivity contribution is -0.151. The van der Waals surface area contributed by atoms with Gasteiger partial charge in [-0.05, 0) is 67.7 Å². The molecule has 0 saturated carbocycles. The van der Waals surface area contributed by atoms with Gasteiger partial charge in [0.1, 0.15) is 12.1 Å². The Bertz CT molecular complexity index is 939. The van der Waals surface area contributed by atoms with Crippen molar-refractivity contribution in [2.45, 2.75) is 56.9 Å². The monoisotopic (exact) mass is 433 g/mol. The number of allylic oxidation sites excluding steroid dienone is 2. The Morgan fingerprint density at radius 2 is 1.47 bits per heavy atom. The van der Waals surface area contributed by atoms with Crippen molar-refractivity contribution in [2.24, 2.45) is 0 Å². The van der Waals surface area contributed by atoms with Crippen molar-refractivity contribution in [1.29, 1.82) is 0 Å². The Morgan fingerprint density at radius 3 is 2.03 bits per heavy atom. The Kier molecular flexibility index (Phi) is 6.93. The van der Waals surface area contributed by atoms with Gasteiger partial charge in [-0.1, -0.05) is 60.7 Å². The first-order chi connectivity index (χ1) is 15.6. The van der Waals surface area contributed by atoms with E-state index >= 15 is 0 Å². The van der Waals surface area contributed by atoms with Gasteiger partial charge in [0.15, 0.2) is 0 Å². The first-order valence-electron chi connectivity index (χ1n) is 11.6. The average Bonchev–Trinajstić information content (AvgIpc) is 3.18. The summed E-state index contributed by atoms with van der Waals surface area (Å²) in [6.45, 7) is 2.29. The first-order valence-corrected chi connectivity index (χ1v) is 11.6. The number of benzene rings is 2. The van der Waals surface area contributed by atoms with E-state index in [1.807, 2.05) is 24.3 Å². The fourth-order valence-corrected chi connectivity index (χ4v) is 4.88. The van der Waals surface area contributed by atoms with Crippen LogP contribution in [0.15, 0.2) is 60.7 Å². The molecule has 0 unspecified atom stereocenters. The number of ether oxygens (including phenoxy) is 2. The number of hydrogen-bond donors (Lipinski definition) is 1. The normalized spacial score (nSPS) is 17.3. The molecule has 0 aromatic heterocycles. The van der Waals surface area contributed by atoms with E-state index in [1.54, 1.807) is 6.92 Å². The molecule has 5 heteroatoms. The number of amides is 1. The topological polar surface area (TPSA) is 64.6 Å². The van der Waals surface area contributed by atoms with Crippen molar-refractivity contribution >= 4 is 12.1 Å². The summed E-state index contributed by atoms with van der Waals surface area (Å²) in [6.07, 6.45) is 8.19. The predicted molar refractivity (Wildman–Crippen MR) is 124 cm³/mol. The van der Waals surface area contributed by atoms with E-state index in [9.17, 15) is 9.59 Å². The Balaban J connectivity index is 1.48. The lowest BCUT2D eigenvalue weighted by Gasteiger charge is -2.32. The molecule has 0 atom stereocenters. The molecule has 0 spiro atoms. The number of rotatable bonds is 5. The molecule has 2 aliphatic carbocycles. The number of fused-ring (bicyclic) bond motifs is 3. The number of nitrogens with one attached hydrogen (secondary N) is 1. The smallest absolute Gasteiger partial charge is 0.408 e. The van der Waals surface area contributed by atoms with E-state index in [-0.39, 0.29) is 25.1 Å². The zero-order valence-electron chi connectivity index (χ0n) is 18.6. The van der Waals surface area contributed by atoms with Crippen molar-refractivity contribution < 1.29 is 19.1 Å². The largest absolute Gasteiger partial charge is 0.464 e. The fourth-order valence-electron chi connectivity index (χ4n) is 4.88. The lowest BCUT2D eigenvalue weighted by Crippen LogP contribution is -2.55. The van der Waals surface area contributed by atoms with Gasteiger partial charge in [-0.2, -0.15) is 0 Å². The molecule has 0 aliphatic heterocycles. The van der Waals surface area contributed by atoms with Crippen LogP contribution >= 0.6 is 0 Å². The standard InChI is InChI=1S/C27H31NO4/c1-2-31-25(29)27(17-11-5-3-4-6-12-18-27)28-26(30)32-19-24-22-15-9-7-13-20(22)21-14-8-10-16-23(21)24/h3-4,7-10,13-16,24H,2,5-6,11-12,17-19H2,1H3,(H,28,30). The van der Waals surface area contributed by atoms with Gasteiger partial charge in [0.2, 0.25) is 0 Å². The van der Waals surface area contributed by atoms with Crippen molar-refractivity contribution in [3.63, 3.8) is 0 Å². The summed E-state index contributed by atoms with van der Waals surface area (Å²) in [4.78, 5) is 25.8. The molecule has 4 rings (SSSR count). The van der Waals surface area contributed by atoms with Crippen molar-refractivity contribution in [1.82, 2.24) is 5.32 Å². The molecule has 1 amide bonds. The molecule has 0 radical (unpaired) electrons. The van der Waals surface area contributed by atoms with Gasteiger partial charge < -0.3 is 14.8 Å². The van der Waals surface area contributed by atoms with E-state index in [4.69, 9.17) is 9.47 Å². The van der Waals surface area contributed by atoms with Crippen LogP contribution < -0.4 is 5.32 Å². The molecular formula is C27H31NO4. The van der Waals surface area contributed by atoms with E-state index in [0.29, 0.717) is 12.8 Å². The molecule has 0 bridgehead atoms. The number of carbonyl (C=O) groups is 2. The first kappa shape index (κ1) is 22.1. The van der Waals surface area contributed by atoms with Gasteiger partial charge >= 0.3 is 12.1 Å². The van der Waals surface area contributed by atoms with Crippen LogP contribution in [0.4, 0.5) is 4.79 Å². The van der Waals surface area contributed by atoms with Crippen LogP contribution in [0.3, 0.4) is 0 Å². The molecule has 168 valence electrons. The maximum absolute atomic E-state index is 12.9. The van der Waals surface area contributed by atoms with E-state index in [0.717, 1.165) is 36.8 Å². The molecule has 32 heavy (non-hydrogen) atoms. The highest BCUT2D eigenvalue weighted by Gasteiger charge is 2.41. The van der Waals surface area contributed by atoms with Crippen molar-refractivity contribution in [2.75, 3.05) is 13.2 Å². The van der Waals surface area contributed by atoms with Crippen LogP contribution in [0.25, 0.3) is 11.1 Å². The minimum absolute atomic E-state index is 0.0172. The van der Waals surface area contributed by atoms with Crippen molar-refractivity contribution in [3.05, 3.63) is 71.8 Å². The van der Waals surface area contributed by atoms with Crippen LogP contribution in [0.1, 0.15) is 62.5 Å². The van der Waals surface area contributed by atoms with Crippen LogP contribution in [0.2, 0.25) is 0 Å². The van der Waals surface area contributed by atoms with Crippen LogP contribution in [-0.2, 0) is 14.3 Å². The minimum atomic E-state index is -1.04. The minimum Gasteiger partial charge on any atom is -0.464 e. The molecule has 2 aliphatic rings. The van der Waals surface area contributed by atoms with E-state index in [1.165, 1.54) is 11.1 Å². The summed E-state index contributed by atoms with van der Waals surface area (Å²) < 4.78 is 11.1. The number of hydrogen-bond acceptors (Lipinski definition) is 4. The van der Waals surface area contributed by atoms with E-state index in [2.05, 4.69) is 41.7 Å². The highest BCUT2D eigenvalue weighted by atomic mass is 16.6. The summed E-state index contributed by atoms with van der Waals surface area (Å²) in [5.74, 6) is -0.383. The average molecular weight is 434 g/mol. The van der Waals surface area contributed by atoms with Gasteiger partial charge in [0.05, 0.1) is 6.61 Å². The molecule has 1 N–H and O–H groups in total. The zero-order valence-corrected chi connectivity index (χ0v) is 18.6. The van der Waals surface area contributed by atoms with Gasteiger partial charge in [0.25, 0.3) is 0 Å². The highest BCUT2D eigenvalue weighted by molar-refractivity contribution is 5.86. The Labute approximate surface area is 189 Å². The fraction of sp³-hybridized carbons (Fsp3) is 0.407.